The van der Waals surface area contributed by atoms with Crippen molar-refractivity contribution in [3.05, 3.63) is 24.0 Å². The number of halogens is 1. The van der Waals surface area contributed by atoms with Gasteiger partial charge >= 0.3 is 0 Å². The highest BCUT2D eigenvalue weighted by molar-refractivity contribution is 7.99. The van der Waals surface area contributed by atoms with Crippen LogP contribution >= 0.6 is 23.4 Å². The summed E-state index contributed by atoms with van der Waals surface area (Å²) in [6, 6.07) is 6.58. The van der Waals surface area contributed by atoms with Gasteiger partial charge in [-0.3, -0.25) is 0 Å². The maximum atomic E-state index is 6.31. The molecular weight excluding hydrogens is 280 g/mol. The van der Waals surface area contributed by atoms with E-state index in [1.165, 1.54) is 12.2 Å². The molecule has 0 aliphatic carbocycles. The Bertz CT molecular complexity index is 590. The molecular formula is C14H17ClN2OS. The molecule has 3 nitrogen and oxygen atoms in total. The standard InChI is InChI=1S/C14H17ClN2OS/c1-9(15)14-16-12-7-11(18-2)3-4-13(12)17(14)10-5-6-19-8-10/h3-4,7,9-10H,5-6,8H2,1-2H3. The van der Waals surface area contributed by atoms with E-state index >= 15 is 0 Å². The number of thioether (sulfide) groups is 1. The summed E-state index contributed by atoms with van der Waals surface area (Å²) >= 11 is 8.31. The van der Waals surface area contributed by atoms with Gasteiger partial charge in [0.1, 0.15) is 11.6 Å². The molecule has 1 saturated heterocycles. The molecule has 102 valence electrons. The second kappa shape index (κ2) is 5.25. The highest BCUT2D eigenvalue weighted by Gasteiger charge is 2.24. The minimum atomic E-state index is -0.0796. The highest BCUT2D eigenvalue weighted by Crippen LogP contribution is 2.35. The van der Waals surface area contributed by atoms with Gasteiger partial charge in [0.15, 0.2) is 0 Å². The minimum absolute atomic E-state index is 0.0796. The maximum absolute atomic E-state index is 6.31. The number of aromatic nitrogens is 2. The van der Waals surface area contributed by atoms with Crippen molar-refractivity contribution in [1.29, 1.82) is 0 Å². The molecule has 1 aliphatic heterocycles. The van der Waals surface area contributed by atoms with Gasteiger partial charge in [-0.25, -0.2) is 4.98 Å². The van der Waals surface area contributed by atoms with E-state index in [-0.39, 0.29) is 5.38 Å². The largest absolute Gasteiger partial charge is 0.497 e. The van der Waals surface area contributed by atoms with Gasteiger partial charge in [0.2, 0.25) is 0 Å². The number of fused-ring (bicyclic) bond motifs is 1. The Balaban J connectivity index is 2.17. The van der Waals surface area contributed by atoms with E-state index < -0.39 is 0 Å². The van der Waals surface area contributed by atoms with Crippen molar-refractivity contribution in [3.63, 3.8) is 0 Å². The first-order chi connectivity index (χ1) is 9.20. The van der Waals surface area contributed by atoms with Crippen LogP contribution in [0.4, 0.5) is 0 Å². The van der Waals surface area contributed by atoms with Crippen LogP contribution in [0.25, 0.3) is 11.0 Å². The van der Waals surface area contributed by atoms with E-state index in [2.05, 4.69) is 10.6 Å². The van der Waals surface area contributed by atoms with Crippen molar-refractivity contribution in [2.45, 2.75) is 24.8 Å². The third-order valence-corrected chi connectivity index (χ3v) is 4.89. The number of benzene rings is 1. The van der Waals surface area contributed by atoms with Gasteiger partial charge in [-0.2, -0.15) is 11.8 Å². The van der Waals surface area contributed by atoms with Crippen LogP contribution in [0.1, 0.15) is 30.6 Å². The number of alkyl halides is 1. The van der Waals surface area contributed by atoms with E-state index in [0.717, 1.165) is 28.4 Å². The summed E-state index contributed by atoms with van der Waals surface area (Å²) in [7, 11) is 1.68. The average molecular weight is 297 g/mol. The van der Waals surface area contributed by atoms with Crippen LogP contribution in [0, 0.1) is 0 Å². The second-order valence-electron chi connectivity index (χ2n) is 4.83. The summed E-state index contributed by atoms with van der Waals surface area (Å²) in [5.74, 6) is 4.18. The fourth-order valence-corrected chi connectivity index (χ4v) is 3.96. The van der Waals surface area contributed by atoms with Gasteiger partial charge in [0, 0.05) is 17.9 Å². The number of rotatable bonds is 3. The Labute approximate surface area is 122 Å². The first-order valence-electron chi connectivity index (χ1n) is 6.48. The number of ether oxygens (including phenoxy) is 1. The van der Waals surface area contributed by atoms with Crippen molar-refractivity contribution in [2.24, 2.45) is 0 Å². The van der Waals surface area contributed by atoms with Crippen molar-refractivity contribution < 1.29 is 4.74 Å². The number of hydrogen-bond acceptors (Lipinski definition) is 3. The maximum Gasteiger partial charge on any atom is 0.128 e. The highest BCUT2D eigenvalue weighted by atomic mass is 35.5. The van der Waals surface area contributed by atoms with Crippen LogP contribution in [-0.2, 0) is 0 Å². The van der Waals surface area contributed by atoms with Crippen LogP contribution in [0.5, 0.6) is 5.75 Å². The molecule has 19 heavy (non-hydrogen) atoms. The molecule has 1 aliphatic rings. The van der Waals surface area contributed by atoms with E-state index in [4.69, 9.17) is 21.3 Å². The zero-order valence-corrected chi connectivity index (χ0v) is 12.7. The lowest BCUT2D eigenvalue weighted by molar-refractivity contribution is 0.415. The van der Waals surface area contributed by atoms with E-state index in [9.17, 15) is 0 Å². The van der Waals surface area contributed by atoms with Crippen molar-refractivity contribution in [3.8, 4) is 5.75 Å². The Morgan fingerprint density at radius 1 is 1.53 bits per heavy atom. The zero-order chi connectivity index (χ0) is 13.4. The van der Waals surface area contributed by atoms with E-state index in [0.29, 0.717) is 6.04 Å². The van der Waals surface area contributed by atoms with Gasteiger partial charge in [-0.05, 0) is 31.2 Å². The number of methoxy groups -OCH3 is 1. The molecule has 1 aromatic heterocycles. The van der Waals surface area contributed by atoms with Gasteiger partial charge in [0.25, 0.3) is 0 Å². The molecule has 2 heterocycles. The van der Waals surface area contributed by atoms with Gasteiger partial charge in [-0.1, -0.05) is 0 Å². The Morgan fingerprint density at radius 2 is 2.37 bits per heavy atom. The molecule has 2 unspecified atom stereocenters. The molecule has 0 radical (unpaired) electrons. The molecule has 1 aromatic carbocycles. The van der Waals surface area contributed by atoms with E-state index in [1.54, 1.807) is 7.11 Å². The molecule has 3 rings (SSSR count). The minimum Gasteiger partial charge on any atom is -0.497 e. The smallest absolute Gasteiger partial charge is 0.128 e. The molecule has 5 heteroatoms. The van der Waals surface area contributed by atoms with E-state index in [1.807, 2.05) is 30.8 Å². The first-order valence-corrected chi connectivity index (χ1v) is 8.07. The van der Waals surface area contributed by atoms with Gasteiger partial charge in [-0.15, -0.1) is 11.6 Å². The topological polar surface area (TPSA) is 27.1 Å². The van der Waals surface area contributed by atoms with Crippen molar-refractivity contribution in [1.82, 2.24) is 9.55 Å². The van der Waals surface area contributed by atoms with Crippen LogP contribution < -0.4 is 4.74 Å². The number of imidazole rings is 1. The third-order valence-electron chi connectivity index (χ3n) is 3.55. The first kappa shape index (κ1) is 13.1. The molecule has 1 fully saturated rings. The summed E-state index contributed by atoms with van der Waals surface area (Å²) in [6.45, 7) is 1.98. The van der Waals surface area contributed by atoms with Crippen LogP contribution in [0.2, 0.25) is 0 Å². The lowest BCUT2D eigenvalue weighted by atomic mass is 10.2. The second-order valence-corrected chi connectivity index (χ2v) is 6.63. The Hall–Kier alpha value is -0.870. The summed E-state index contributed by atoms with van der Waals surface area (Å²) in [5, 5.41) is -0.0796. The SMILES string of the molecule is COc1ccc2c(c1)nc(C(C)Cl)n2C1CCSC1. The zero-order valence-electron chi connectivity index (χ0n) is 11.1. The fraction of sp³-hybridized carbons (Fsp3) is 0.500. The monoisotopic (exact) mass is 296 g/mol. The lowest BCUT2D eigenvalue weighted by Gasteiger charge is -2.16. The molecule has 0 bridgehead atoms. The molecule has 0 N–H and O–H groups in total. The number of nitrogens with zero attached hydrogens (tertiary/aromatic N) is 2. The number of hydrogen-bond donors (Lipinski definition) is 0. The van der Waals surface area contributed by atoms with Gasteiger partial charge < -0.3 is 9.30 Å². The molecule has 0 spiro atoms. The Kier molecular flexibility index (Phi) is 3.63. The molecule has 2 atom stereocenters. The predicted octanol–water partition coefficient (Wildman–Crippen LogP) is 4.02. The molecule has 0 saturated carbocycles. The predicted molar refractivity (Wildman–Crippen MR) is 81.5 cm³/mol. The third kappa shape index (κ3) is 2.32. The average Bonchev–Trinajstić information content (AvgIpc) is 3.03. The van der Waals surface area contributed by atoms with Crippen LogP contribution in [0.15, 0.2) is 18.2 Å². The van der Waals surface area contributed by atoms with Crippen molar-refractivity contribution >= 4 is 34.4 Å². The quantitative estimate of drug-likeness (QED) is 0.800. The Morgan fingerprint density at radius 3 is 3.00 bits per heavy atom. The van der Waals surface area contributed by atoms with Gasteiger partial charge in [0.05, 0.1) is 23.5 Å². The summed E-state index contributed by atoms with van der Waals surface area (Å²) in [4.78, 5) is 4.71. The lowest BCUT2D eigenvalue weighted by Crippen LogP contribution is -2.12. The van der Waals surface area contributed by atoms with Crippen LogP contribution in [-0.4, -0.2) is 28.2 Å². The normalized spacial score (nSPS) is 20.9. The molecule has 2 aromatic rings. The van der Waals surface area contributed by atoms with Crippen LogP contribution in [0.3, 0.4) is 0 Å². The molecule has 0 amide bonds. The summed E-state index contributed by atoms with van der Waals surface area (Å²) in [6.07, 6.45) is 1.19. The fourth-order valence-electron chi connectivity index (χ4n) is 2.61. The van der Waals surface area contributed by atoms with Crippen molar-refractivity contribution in [2.75, 3.05) is 18.6 Å². The summed E-state index contributed by atoms with van der Waals surface area (Å²) < 4.78 is 7.60. The summed E-state index contributed by atoms with van der Waals surface area (Å²) in [5.41, 5.74) is 2.13.